The van der Waals surface area contributed by atoms with Gasteiger partial charge in [0.1, 0.15) is 5.75 Å². The number of thioether (sulfide) groups is 1. The molecule has 0 spiro atoms. The minimum absolute atomic E-state index is 0.245. The van der Waals surface area contributed by atoms with Crippen LogP contribution in [0, 0.1) is 0 Å². The lowest BCUT2D eigenvalue weighted by atomic mass is 10.1. The summed E-state index contributed by atoms with van der Waals surface area (Å²) in [5.74, 6) is -0.944. The van der Waals surface area contributed by atoms with E-state index in [2.05, 4.69) is 25.0 Å². The highest BCUT2D eigenvalue weighted by Gasteiger charge is 2.20. The Morgan fingerprint density at radius 2 is 1.81 bits per heavy atom. The molecule has 0 aliphatic rings. The van der Waals surface area contributed by atoms with Gasteiger partial charge in [0.05, 0.1) is 27.3 Å². The monoisotopic (exact) mass is 596 g/mol. The summed E-state index contributed by atoms with van der Waals surface area (Å²) in [4.78, 5) is 24.0. The van der Waals surface area contributed by atoms with E-state index >= 15 is 0 Å². The molecular weight excluding hydrogens is 572 g/mol. The van der Waals surface area contributed by atoms with Crippen molar-refractivity contribution in [2.24, 2.45) is 4.36 Å². The number of benzene rings is 3. The van der Waals surface area contributed by atoms with Gasteiger partial charge in [-0.1, -0.05) is 40.2 Å². The van der Waals surface area contributed by atoms with Gasteiger partial charge in [0.2, 0.25) is 6.79 Å². The van der Waals surface area contributed by atoms with Crippen LogP contribution in [0.4, 0.5) is 10.5 Å². The summed E-state index contributed by atoms with van der Waals surface area (Å²) in [6.07, 6.45) is -1.24. The van der Waals surface area contributed by atoms with Crippen LogP contribution in [0.2, 0.25) is 0 Å². The molecule has 0 bridgehead atoms. The van der Waals surface area contributed by atoms with Crippen LogP contribution in [0.3, 0.4) is 0 Å². The van der Waals surface area contributed by atoms with E-state index in [1.165, 1.54) is 7.05 Å². The van der Waals surface area contributed by atoms with Crippen molar-refractivity contribution >= 4 is 66.2 Å². The van der Waals surface area contributed by atoms with Crippen molar-refractivity contribution in [3.8, 4) is 5.75 Å². The topological polar surface area (TPSA) is 124 Å². The number of fused-ring (bicyclic) bond motifs is 1. The maximum atomic E-state index is 13.8. The fraction of sp³-hybridized carbons (Fsp3) is 0.250. The number of carboxylic acids is 1. The molecule has 0 fully saturated rings. The van der Waals surface area contributed by atoms with Crippen LogP contribution in [0.1, 0.15) is 13.8 Å². The molecular formula is C24H25BrN2O7S2. The molecule has 3 aromatic rings. The van der Waals surface area contributed by atoms with Crippen LogP contribution in [0.5, 0.6) is 5.75 Å². The van der Waals surface area contributed by atoms with Gasteiger partial charge in [-0.15, -0.1) is 11.8 Å². The number of carboxylic acid groups (broad SMARTS) is 1. The number of nitrogens with one attached hydrogen (secondary N) is 1. The fourth-order valence-electron chi connectivity index (χ4n) is 3.14. The molecule has 3 aromatic carbocycles. The van der Waals surface area contributed by atoms with Crippen molar-refractivity contribution in [1.29, 1.82) is 0 Å². The van der Waals surface area contributed by atoms with Crippen LogP contribution < -0.4 is 9.46 Å². The Morgan fingerprint density at radius 3 is 2.42 bits per heavy atom. The molecule has 0 saturated heterocycles. The first-order chi connectivity index (χ1) is 17.1. The van der Waals surface area contributed by atoms with Gasteiger partial charge in [0.25, 0.3) is 0 Å². The van der Waals surface area contributed by atoms with Gasteiger partial charge in [-0.3, -0.25) is 9.52 Å². The SMILES string of the molecule is CN=S(=O)(Nc1cc(SCC(=O)O)c(OCOC(=O)OC(C)C)c2ccccc12)c1ccc(Br)cc1. The van der Waals surface area contributed by atoms with Gasteiger partial charge in [0, 0.05) is 22.3 Å². The number of rotatable bonds is 10. The molecule has 0 aromatic heterocycles. The van der Waals surface area contributed by atoms with E-state index in [1.54, 1.807) is 62.4 Å². The molecule has 3 rings (SSSR count). The second-order valence-corrected chi connectivity index (χ2v) is 11.6. The lowest BCUT2D eigenvalue weighted by molar-refractivity contribution is -0.133. The lowest BCUT2D eigenvalue weighted by Gasteiger charge is -2.19. The third kappa shape index (κ3) is 7.05. The number of halogens is 1. The van der Waals surface area contributed by atoms with Gasteiger partial charge in [-0.25, -0.2) is 13.4 Å². The number of carbonyl (C=O) groups is 2. The van der Waals surface area contributed by atoms with Crippen molar-refractivity contribution < 1.29 is 33.1 Å². The molecule has 0 aliphatic heterocycles. The number of hydrogen-bond donors (Lipinski definition) is 2. The average molecular weight is 598 g/mol. The van der Waals surface area contributed by atoms with Crippen molar-refractivity contribution in [1.82, 2.24) is 0 Å². The van der Waals surface area contributed by atoms with E-state index in [9.17, 15) is 18.9 Å². The van der Waals surface area contributed by atoms with Crippen molar-refractivity contribution in [2.45, 2.75) is 29.7 Å². The molecule has 1 unspecified atom stereocenters. The van der Waals surface area contributed by atoms with Crippen LogP contribution in [0.15, 0.2) is 73.2 Å². The van der Waals surface area contributed by atoms with Crippen LogP contribution in [-0.4, -0.2) is 47.1 Å². The molecule has 0 radical (unpaired) electrons. The number of aliphatic carboxylic acids is 1. The lowest BCUT2D eigenvalue weighted by Crippen LogP contribution is -2.16. The van der Waals surface area contributed by atoms with Crippen molar-refractivity contribution in [3.05, 3.63) is 59.1 Å². The Labute approximate surface area is 222 Å². The minimum atomic E-state index is -3.07. The van der Waals surface area contributed by atoms with E-state index in [0.29, 0.717) is 32.0 Å². The normalized spacial score (nSPS) is 12.6. The summed E-state index contributed by atoms with van der Waals surface area (Å²) >= 11 is 4.39. The summed E-state index contributed by atoms with van der Waals surface area (Å²) in [5.41, 5.74) is 0.476. The number of ether oxygens (including phenoxy) is 3. The first-order valence-corrected chi connectivity index (χ1v) is 14.0. The molecule has 0 aliphatic carbocycles. The van der Waals surface area contributed by atoms with Crippen LogP contribution in [-0.2, 0) is 24.2 Å². The number of anilines is 1. The zero-order valence-corrected chi connectivity index (χ0v) is 22.9. The van der Waals surface area contributed by atoms with E-state index in [-0.39, 0.29) is 11.9 Å². The quantitative estimate of drug-likeness (QED) is 0.162. The van der Waals surface area contributed by atoms with Gasteiger partial charge >= 0.3 is 12.1 Å². The first kappa shape index (κ1) is 27.6. The predicted molar refractivity (Wildman–Crippen MR) is 143 cm³/mol. The Morgan fingerprint density at radius 1 is 1.14 bits per heavy atom. The maximum absolute atomic E-state index is 13.8. The molecule has 12 heteroatoms. The molecule has 36 heavy (non-hydrogen) atoms. The highest BCUT2D eigenvalue weighted by Crippen LogP contribution is 2.41. The minimum Gasteiger partial charge on any atom is -0.481 e. The number of carbonyl (C=O) groups excluding carboxylic acids is 1. The van der Waals surface area contributed by atoms with E-state index in [0.717, 1.165) is 16.2 Å². The average Bonchev–Trinajstić information content (AvgIpc) is 2.83. The zero-order chi connectivity index (χ0) is 26.3. The molecule has 0 amide bonds. The molecule has 1 atom stereocenters. The van der Waals surface area contributed by atoms with Crippen molar-refractivity contribution in [2.75, 3.05) is 24.3 Å². The molecule has 9 nitrogen and oxygen atoms in total. The Hall–Kier alpha value is -2.96. The first-order valence-electron chi connectivity index (χ1n) is 10.7. The number of hydrogen-bond acceptors (Lipinski definition) is 8. The predicted octanol–water partition coefficient (Wildman–Crippen LogP) is 6.16. The second-order valence-electron chi connectivity index (χ2n) is 7.57. The smallest absolute Gasteiger partial charge is 0.481 e. The third-order valence-electron chi connectivity index (χ3n) is 4.66. The summed E-state index contributed by atoms with van der Waals surface area (Å²) in [6, 6.07) is 15.8. The molecule has 192 valence electrons. The summed E-state index contributed by atoms with van der Waals surface area (Å²) < 4.78 is 37.5. The van der Waals surface area contributed by atoms with Gasteiger partial charge in [-0.2, -0.15) is 0 Å². The molecule has 0 heterocycles. The van der Waals surface area contributed by atoms with Gasteiger partial charge < -0.3 is 19.3 Å². The van der Waals surface area contributed by atoms with Gasteiger partial charge in [-0.05, 0) is 44.2 Å². The highest BCUT2D eigenvalue weighted by atomic mass is 79.9. The standard InChI is InChI=1S/C24H25BrN2O7S2/c1-15(2)34-24(30)33-14-32-23-19-7-5-4-6-18(19)20(12-21(23)35-13-22(28)29)27-36(31,26-3)17-10-8-16(25)9-11-17/h4-12,15H,13-14H2,1-3H3,(H,28,29)(H,26,27,31). The van der Waals surface area contributed by atoms with E-state index in [1.807, 2.05) is 6.07 Å². The molecule has 2 N–H and O–H groups in total. The number of nitrogens with zero attached hydrogens (tertiary/aromatic N) is 1. The Balaban J connectivity index is 2.04. The van der Waals surface area contributed by atoms with Crippen molar-refractivity contribution in [3.63, 3.8) is 0 Å². The van der Waals surface area contributed by atoms with Crippen LogP contribution >= 0.6 is 27.7 Å². The summed E-state index contributed by atoms with van der Waals surface area (Å²) in [6.45, 7) is 2.94. The van der Waals surface area contributed by atoms with E-state index < -0.39 is 28.8 Å². The Kier molecular flexibility index (Phi) is 9.46. The fourth-order valence-corrected chi connectivity index (χ4v) is 5.58. The van der Waals surface area contributed by atoms with Crippen LogP contribution in [0.25, 0.3) is 10.8 Å². The highest BCUT2D eigenvalue weighted by molar-refractivity contribution is 9.10. The summed E-state index contributed by atoms with van der Waals surface area (Å²) in [7, 11) is -1.60. The maximum Gasteiger partial charge on any atom is 0.511 e. The Bertz CT molecular complexity index is 1370. The zero-order valence-electron chi connectivity index (χ0n) is 19.7. The molecule has 0 saturated carbocycles. The van der Waals surface area contributed by atoms with E-state index in [4.69, 9.17) is 14.2 Å². The second kappa shape index (κ2) is 12.3. The third-order valence-corrected chi connectivity index (χ3v) is 8.12. The largest absolute Gasteiger partial charge is 0.511 e. The van der Waals surface area contributed by atoms with Gasteiger partial charge in [0.15, 0.2) is 9.92 Å². The summed E-state index contributed by atoms with van der Waals surface area (Å²) in [5, 5.41) is 10.5.